The molecule has 0 saturated heterocycles. The van der Waals surface area contributed by atoms with E-state index in [4.69, 9.17) is 0 Å². The van der Waals surface area contributed by atoms with Crippen molar-refractivity contribution in [2.75, 3.05) is 14.1 Å². The topological polar surface area (TPSA) is 23.5 Å². The summed E-state index contributed by atoms with van der Waals surface area (Å²) in [6, 6.07) is 0. The van der Waals surface area contributed by atoms with Crippen LogP contribution in [0.1, 0.15) is 41.0 Å². The van der Waals surface area contributed by atoms with Gasteiger partial charge in [-0.3, -0.25) is 0 Å². The molecule has 0 saturated carbocycles. The van der Waals surface area contributed by atoms with Crippen molar-refractivity contribution in [1.82, 2.24) is 4.90 Å². The van der Waals surface area contributed by atoms with E-state index in [0.29, 0.717) is 0 Å². The van der Waals surface area contributed by atoms with Gasteiger partial charge < -0.3 is 10.0 Å². The van der Waals surface area contributed by atoms with Crippen LogP contribution in [-0.4, -0.2) is 35.7 Å². The van der Waals surface area contributed by atoms with Gasteiger partial charge in [0.15, 0.2) is 0 Å². The Bertz CT molecular complexity index is 160. The first-order valence-corrected chi connectivity index (χ1v) is 5.01. The third kappa shape index (κ3) is 2.68. The summed E-state index contributed by atoms with van der Waals surface area (Å²) in [7, 11) is 4.05. The highest BCUT2D eigenvalue weighted by atomic mass is 16.3. The summed E-state index contributed by atoms with van der Waals surface area (Å²) in [4.78, 5) is 2.11. The van der Waals surface area contributed by atoms with Crippen LogP contribution in [0.15, 0.2) is 0 Å². The first-order valence-electron chi connectivity index (χ1n) is 5.01. The molecule has 2 unspecified atom stereocenters. The highest BCUT2D eigenvalue weighted by Gasteiger charge is 2.40. The van der Waals surface area contributed by atoms with Crippen LogP contribution in [0.4, 0.5) is 0 Å². The van der Waals surface area contributed by atoms with Gasteiger partial charge in [0.1, 0.15) is 0 Å². The number of likely N-dealkylation sites (N-methyl/N-ethyl adjacent to an activating group) is 1. The molecule has 0 aliphatic rings. The molecule has 0 spiro atoms. The average Bonchev–Trinajstić information content (AvgIpc) is 1.99. The van der Waals surface area contributed by atoms with E-state index in [0.717, 1.165) is 6.42 Å². The normalized spacial score (nSPS) is 20.1. The Kier molecular flexibility index (Phi) is 3.95. The van der Waals surface area contributed by atoms with E-state index in [1.807, 2.05) is 14.1 Å². The third-order valence-electron chi connectivity index (χ3n) is 3.15. The van der Waals surface area contributed by atoms with Gasteiger partial charge in [-0.15, -0.1) is 0 Å². The molecule has 0 aromatic carbocycles. The SMILES string of the molecule is CCC(C)(C(O)C(C)(C)C)N(C)C. The highest BCUT2D eigenvalue weighted by molar-refractivity contribution is 4.95. The van der Waals surface area contributed by atoms with Crippen LogP contribution >= 0.6 is 0 Å². The predicted octanol–water partition coefficient (Wildman–Crippen LogP) is 2.12. The molecular weight excluding hydrogens is 162 g/mol. The molecule has 2 heteroatoms. The second-order valence-corrected chi connectivity index (χ2v) is 5.37. The van der Waals surface area contributed by atoms with Crippen LogP contribution < -0.4 is 0 Å². The van der Waals surface area contributed by atoms with Crippen LogP contribution in [0.3, 0.4) is 0 Å². The Morgan fingerprint density at radius 3 is 1.62 bits per heavy atom. The van der Waals surface area contributed by atoms with E-state index in [1.165, 1.54) is 0 Å². The summed E-state index contributed by atoms with van der Waals surface area (Å²) >= 11 is 0. The number of hydrogen-bond acceptors (Lipinski definition) is 2. The van der Waals surface area contributed by atoms with E-state index in [1.54, 1.807) is 0 Å². The molecule has 0 aliphatic heterocycles. The summed E-state index contributed by atoms with van der Waals surface area (Å²) in [5.74, 6) is 0. The van der Waals surface area contributed by atoms with E-state index in [9.17, 15) is 5.11 Å². The van der Waals surface area contributed by atoms with Crippen molar-refractivity contribution >= 4 is 0 Å². The first kappa shape index (κ1) is 12.9. The molecule has 0 bridgehead atoms. The highest BCUT2D eigenvalue weighted by Crippen LogP contribution is 2.32. The van der Waals surface area contributed by atoms with Gasteiger partial charge in [0.25, 0.3) is 0 Å². The van der Waals surface area contributed by atoms with Crippen molar-refractivity contribution < 1.29 is 5.11 Å². The average molecular weight is 187 g/mol. The molecule has 0 amide bonds. The van der Waals surface area contributed by atoms with Crippen molar-refractivity contribution in [3.63, 3.8) is 0 Å². The van der Waals surface area contributed by atoms with E-state index < -0.39 is 0 Å². The standard InChI is InChI=1S/C11H25NO/c1-8-11(5,12(6)7)9(13)10(2,3)4/h9,13H,8H2,1-7H3. The fourth-order valence-electron chi connectivity index (χ4n) is 1.69. The van der Waals surface area contributed by atoms with Crippen molar-refractivity contribution in [3.8, 4) is 0 Å². The molecule has 2 nitrogen and oxygen atoms in total. The second kappa shape index (κ2) is 3.97. The van der Waals surface area contributed by atoms with Gasteiger partial charge in [-0.25, -0.2) is 0 Å². The fourth-order valence-corrected chi connectivity index (χ4v) is 1.69. The van der Waals surface area contributed by atoms with Crippen molar-refractivity contribution in [1.29, 1.82) is 0 Å². The van der Waals surface area contributed by atoms with Crippen molar-refractivity contribution in [2.24, 2.45) is 5.41 Å². The summed E-state index contributed by atoms with van der Waals surface area (Å²) in [5, 5.41) is 10.2. The molecule has 13 heavy (non-hydrogen) atoms. The van der Waals surface area contributed by atoms with Crippen molar-refractivity contribution in [2.45, 2.75) is 52.7 Å². The van der Waals surface area contributed by atoms with E-state index in [-0.39, 0.29) is 17.1 Å². The molecule has 0 heterocycles. The molecule has 0 radical (unpaired) electrons. The van der Waals surface area contributed by atoms with Crippen LogP contribution in [-0.2, 0) is 0 Å². The number of nitrogens with zero attached hydrogens (tertiary/aromatic N) is 1. The lowest BCUT2D eigenvalue weighted by Gasteiger charge is -2.45. The van der Waals surface area contributed by atoms with Gasteiger partial charge >= 0.3 is 0 Å². The number of aliphatic hydroxyl groups excluding tert-OH is 1. The Hall–Kier alpha value is -0.0800. The smallest absolute Gasteiger partial charge is 0.0768 e. The van der Waals surface area contributed by atoms with Gasteiger partial charge in [0.2, 0.25) is 0 Å². The lowest BCUT2D eigenvalue weighted by atomic mass is 9.75. The molecule has 0 rings (SSSR count). The number of rotatable bonds is 3. The predicted molar refractivity (Wildman–Crippen MR) is 57.8 cm³/mol. The molecule has 0 aliphatic carbocycles. The van der Waals surface area contributed by atoms with Crippen LogP contribution in [0.5, 0.6) is 0 Å². The number of aliphatic hydroxyl groups is 1. The molecule has 2 atom stereocenters. The largest absolute Gasteiger partial charge is 0.391 e. The lowest BCUT2D eigenvalue weighted by Crippen LogP contribution is -2.55. The van der Waals surface area contributed by atoms with Gasteiger partial charge in [0, 0.05) is 5.54 Å². The minimum absolute atomic E-state index is 0.0605. The zero-order valence-corrected chi connectivity index (χ0v) is 10.2. The van der Waals surface area contributed by atoms with E-state index >= 15 is 0 Å². The van der Waals surface area contributed by atoms with E-state index in [2.05, 4.69) is 39.5 Å². The molecule has 0 aromatic rings. The zero-order valence-electron chi connectivity index (χ0n) is 10.2. The van der Waals surface area contributed by atoms with Crippen LogP contribution in [0.25, 0.3) is 0 Å². The fraction of sp³-hybridized carbons (Fsp3) is 1.00. The molecule has 0 aromatic heterocycles. The maximum absolute atomic E-state index is 10.2. The summed E-state index contributed by atoms with van der Waals surface area (Å²) in [5.41, 5.74) is -0.187. The molecule has 80 valence electrons. The third-order valence-corrected chi connectivity index (χ3v) is 3.15. The lowest BCUT2D eigenvalue weighted by molar-refractivity contribution is -0.0602. The van der Waals surface area contributed by atoms with Gasteiger partial charge in [-0.2, -0.15) is 0 Å². The van der Waals surface area contributed by atoms with Crippen LogP contribution in [0, 0.1) is 5.41 Å². The molecule has 1 N–H and O–H groups in total. The second-order valence-electron chi connectivity index (χ2n) is 5.37. The van der Waals surface area contributed by atoms with Gasteiger partial charge in [0.05, 0.1) is 6.10 Å². The Morgan fingerprint density at radius 2 is 1.54 bits per heavy atom. The van der Waals surface area contributed by atoms with Crippen LogP contribution in [0.2, 0.25) is 0 Å². The Morgan fingerprint density at radius 1 is 1.15 bits per heavy atom. The zero-order chi connectivity index (χ0) is 10.9. The minimum atomic E-state index is -0.306. The quantitative estimate of drug-likeness (QED) is 0.731. The summed E-state index contributed by atoms with van der Waals surface area (Å²) < 4.78 is 0. The number of hydrogen-bond donors (Lipinski definition) is 1. The van der Waals surface area contributed by atoms with Gasteiger partial charge in [-0.1, -0.05) is 27.7 Å². The maximum Gasteiger partial charge on any atom is 0.0768 e. The first-order chi connectivity index (χ1) is 5.66. The summed E-state index contributed by atoms with van der Waals surface area (Å²) in [6.45, 7) is 10.5. The van der Waals surface area contributed by atoms with Crippen molar-refractivity contribution in [3.05, 3.63) is 0 Å². The molecular formula is C11H25NO. The summed E-state index contributed by atoms with van der Waals surface area (Å²) in [6.07, 6.45) is 0.651. The maximum atomic E-state index is 10.2. The monoisotopic (exact) mass is 187 g/mol. The Labute approximate surface area is 82.9 Å². The Balaban J connectivity index is 4.77. The minimum Gasteiger partial charge on any atom is -0.391 e. The molecule has 0 fully saturated rings. The van der Waals surface area contributed by atoms with Gasteiger partial charge in [-0.05, 0) is 32.9 Å².